The Labute approximate surface area is 261 Å². The number of aliphatic carboxylic acids is 1. The predicted octanol–water partition coefficient (Wildman–Crippen LogP) is 10.9. The van der Waals surface area contributed by atoms with Crippen LogP contribution in [-0.4, -0.2) is 39.9 Å². The van der Waals surface area contributed by atoms with Crippen LogP contribution in [0.2, 0.25) is 36.3 Å². The maximum atomic E-state index is 11.1. The Morgan fingerprint density at radius 2 is 1.52 bits per heavy atom. The lowest BCUT2D eigenvalue weighted by Gasteiger charge is -2.45. The lowest BCUT2D eigenvalue weighted by atomic mass is 9.60. The third-order valence-corrected chi connectivity index (χ3v) is 21.4. The van der Waals surface area contributed by atoms with Crippen molar-refractivity contribution in [3.63, 3.8) is 0 Å². The van der Waals surface area contributed by atoms with Gasteiger partial charge in [-0.1, -0.05) is 78.7 Å². The molecule has 0 heterocycles. The van der Waals surface area contributed by atoms with Crippen molar-refractivity contribution in [2.45, 2.75) is 174 Å². The Hall–Kier alpha value is -0.696. The molecule has 0 aromatic carbocycles. The van der Waals surface area contributed by atoms with Crippen molar-refractivity contribution >= 4 is 22.6 Å². The zero-order chi connectivity index (χ0) is 31.7. The van der Waals surface area contributed by atoms with Gasteiger partial charge in [-0.05, 0) is 124 Å². The molecule has 3 aliphatic rings. The summed E-state index contributed by atoms with van der Waals surface area (Å²) in [6.45, 7) is 28.5. The van der Waals surface area contributed by atoms with E-state index >= 15 is 0 Å². The van der Waals surface area contributed by atoms with Crippen LogP contribution < -0.4 is 0 Å². The van der Waals surface area contributed by atoms with Gasteiger partial charge in [0, 0.05) is 6.42 Å². The van der Waals surface area contributed by atoms with Crippen LogP contribution >= 0.6 is 0 Å². The SMILES string of the molecule is C[C@H](CCCC(=O)O)[C@H]1CC[C@H]2C(=CC=C3C[C@@H](O[Si](C)(C)C(C)(C)C)C[C@H](O[Si](C)(C)C(C)(C)C)C3)CCC[C@]12C. The van der Waals surface area contributed by atoms with Crippen LogP contribution in [-0.2, 0) is 13.6 Å². The zero-order valence-electron chi connectivity index (χ0n) is 29.5. The largest absolute Gasteiger partial charge is 0.481 e. The smallest absolute Gasteiger partial charge is 0.303 e. The van der Waals surface area contributed by atoms with Crippen molar-refractivity contribution in [3.8, 4) is 0 Å². The number of carbonyl (C=O) groups is 1. The highest BCUT2D eigenvalue weighted by Crippen LogP contribution is 2.60. The first-order chi connectivity index (χ1) is 19.2. The molecular weight excluding hydrogens is 553 g/mol. The molecule has 1 N–H and O–H groups in total. The van der Waals surface area contributed by atoms with E-state index in [2.05, 4.69) is 93.7 Å². The van der Waals surface area contributed by atoms with Gasteiger partial charge in [-0.25, -0.2) is 0 Å². The van der Waals surface area contributed by atoms with Crippen LogP contribution in [0.15, 0.2) is 23.3 Å². The highest BCUT2D eigenvalue weighted by Gasteiger charge is 2.50. The number of carboxylic acids is 1. The second-order valence-corrected chi connectivity index (χ2v) is 27.1. The Bertz CT molecular complexity index is 961. The Balaban J connectivity index is 1.82. The molecule has 0 aromatic rings. The van der Waals surface area contributed by atoms with Gasteiger partial charge in [0.05, 0.1) is 12.2 Å². The van der Waals surface area contributed by atoms with Gasteiger partial charge in [-0.15, -0.1) is 0 Å². The molecule has 42 heavy (non-hydrogen) atoms. The van der Waals surface area contributed by atoms with Crippen molar-refractivity contribution in [3.05, 3.63) is 23.3 Å². The van der Waals surface area contributed by atoms with E-state index in [1.165, 1.54) is 37.7 Å². The van der Waals surface area contributed by atoms with Crippen LogP contribution in [0.3, 0.4) is 0 Å². The molecule has 0 radical (unpaired) electrons. The first-order valence-electron chi connectivity index (χ1n) is 17.1. The third kappa shape index (κ3) is 8.51. The standard InChI is InChI=1S/C36H66O4Si2/c1-26(15-13-17-33(37)38)31-20-21-32-28(16-14-22-36(31,32)8)19-18-27-23-29(39-41(9,10)34(2,3)4)25-30(24-27)40-42(11,12)35(5,6)7/h18-19,26,29-32H,13-17,20-25H2,1-12H3,(H,37,38)/t26-,29-,30-,31-,32+,36-/m1/s1. The lowest BCUT2D eigenvalue weighted by molar-refractivity contribution is -0.137. The van der Waals surface area contributed by atoms with Gasteiger partial charge in [0.25, 0.3) is 0 Å². The van der Waals surface area contributed by atoms with Gasteiger partial charge in [0.1, 0.15) is 0 Å². The molecule has 0 bridgehead atoms. The zero-order valence-corrected chi connectivity index (χ0v) is 31.5. The first-order valence-corrected chi connectivity index (χ1v) is 22.9. The normalized spacial score (nSPS) is 31.2. The molecule has 3 aliphatic carbocycles. The summed E-state index contributed by atoms with van der Waals surface area (Å²) in [6.07, 6.45) is 17.0. The predicted molar refractivity (Wildman–Crippen MR) is 183 cm³/mol. The maximum Gasteiger partial charge on any atom is 0.303 e. The maximum absolute atomic E-state index is 11.1. The van der Waals surface area contributed by atoms with E-state index in [1.807, 2.05) is 0 Å². The fraction of sp³-hybridized carbons (Fsp3) is 0.861. The summed E-state index contributed by atoms with van der Waals surface area (Å²) in [6, 6.07) is 0. The number of allylic oxidation sites excluding steroid dienone is 3. The molecular formula is C36H66O4Si2. The molecule has 0 unspecified atom stereocenters. The second kappa shape index (κ2) is 13.3. The van der Waals surface area contributed by atoms with E-state index < -0.39 is 22.6 Å². The van der Waals surface area contributed by atoms with Crippen LogP contribution in [0.5, 0.6) is 0 Å². The molecule has 0 spiro atoms. The quantitative estimate of drug-likeness (QED) is 0.247. The fourth-order valence-corrected chi connectivity index (χ4v) is 10.6. The summed E-state index contributed by atoms with van der Waals surface area (Å²) in [5, 5.41) is 9.51. The van der Waals surface area contributed by atoms with Crippen LogP contribution in [0.25, 0.3) is 0 Å². The minimum absolute atomic E-state index is 0.197. The van der Waals surface area contributed by atoms with Gasteiger partial charge >= 0.3 is 5.97 Å². The molecule has 3 saturated carbocycles. The van der Waals surface area contributed by atoms with Gasteiger partial charge < -0.3 is 14.0 Å². The summed E-state index contributed by atoms with van der Waals surface area (Å²) >= 11 is 0. The van der Waals surface area contributed by atoms with Crippen LogP contribution in [0, 0.1) is 23.2 Å². The van der Waals surface area contributed by atoms with Gasteiger partial charge in [-0.3, -0.25) is 4.79 Å². The summed E-state index contributed by atoms with van der Waals surface area (Å²) in [4.78, 5) is 11.1. The minimum atomic E-state index is -1.88. The van der Waals surface area contributed by atoms with E-state index in [1.54, 1.807) is 5.57 Å². The number of hydrogen-bond donors (Lipinski definition) is 1. The van der Waals surface area contributed by atoms with Crippen molar-refractivity contribution < 1.29 is 18.8 Å². The van der Waals surface area contributed by atoms with E-state index in [9.17, 15) is 4.79 Å². The van der Waals surface area contributed by atoms with Crippen molar-refractivity contribution in [1.29, 1.82) is 0 Å². The van der Waals surface area contributed by atoms with Gasteiger partial charge in [0.2, 0.25) is 0 Å². The van der Waals surface area contributed by atoms with Gasteiger partial charge in [-0.2, -0.15) is 0 Å². The summed E-state index contributed by atoms with van der Waals surface area (Å²) in [5.41, 5.74) is 3.51. The average Bonchev–Trinajstić information content (AvgIpc) is 3.18. The summed E-state index contributed by atoms with van der Waals surface area (Å²) < 4.78 is 14.1. The van der Waals surface area contributed by atoms with Crippen molar-refractivity contribution in [1.82, 2.24) is 0 Å². The molecule has 6 heteroatoms. The van der Waals surface area contributed by atoms with Crippen LogP contribution in [0.1, 0.15) is 126 Å². The molecule has 0 amide bonds. The number of rotatable bonds is 10. The second-order valence-electron chi connectivity index (χ2n) is 17.6. The highest BCUT2D eigenvalue weighted by molar-refractivity contribution is 6.74. The lowest BCUT2D eigenvalue weighted by Crippen LogP contribution is -2.48. The molecule has 0 aromatic heterocycles. The van der Waals surface area contributed by atoms with E-state index in [0.717, 1.165) is 32.1 Å². The first kappa shape index (κ1) is 35.8. The number of hydrogen-bond acceptors (Lipinski definition) is 3. The topological polar surface area (TPSA) is 55.8 Å². The van der Waals surface area contributed by atoms with E-state index in [-0.39, 0.29) is 22.3 Å². The average molecular weight is 619 g/mol. The molecule has 0 saturated heterocycles. The van der Waals surface area contributed by atoms with Gasteiger partial charge in [0.15, 0.2) is 16.6 Å². The molecule has 3 fully saturated rings. The highest BCUT2D eigenvalue weighted by atomic mass is 28.4. The fourth-order valence-electron chi connectivity index (χ4n) is 7.85. The Morgan fingerprint density at radius 3 is 2.02 bits per heavy atom. The molecule has 6 atom stereocenters. The molecule has 4 nitrogen and oxygen atoms in total. The van der Waals surface area contributed by atoms with Crippen LogP contribution in [0.4, 0.5) is 0 Å². The third-order valence-electron chi connectivity index (χ3n) is 12.3. The van der Waals surface area contributed by atoms with E-state index in [4.69, 9.17) is 14.0 Å². The number of fused-ring (bicyclic) bond motifs is 1. The molecule has 242 valence electrons. The van der Waals surface area contributed by atoms with E-state index in [0.29, 0.717) is 29.6 Å². The Morgan fingerprint density at radius 1 is 0.976 bits per heavy atom. The van der Waals surface area contributed by atoms with Crippen molar-refractivity contribution in [2.24, 2.45) is 23.2 Å². The van der Waals surface area contributed by atoms with Crippen molar-refractivity contribution in [2.75, 3.05) is 0 Å². The summed E-state index contributed by atoms with van der Waals surface area (Å²) in [7, 11) is -3.77. The Kier molecular flexibility index (Phi) is 11.4. The summed E-state index contributed by atoms with van der Waals surface area (Å²) in [5.74, 6) is 1.30. The molecule has 0 aliphatic heterocycles. The molecule has 3 rings (SSSR count). The minimum Gasteiger partial charge on any atom is -0.481 e. The monoisotopic (exact) mass is 618 g/mol. The number of carboxylic acid groups (broad SMARTS) is 1.